The third-order valence-electron chi connectivity index (χ3n) is 3.42. The van der Waals surface area contributed by atoms with Crippen LogP contribution in [0.5, 0.6) is 11.5 Å². The molecule has 0 spiro atoms. The van der Waals surface area contributed by atoms with Gasteiger partial charge in [0.25, 0.3) is 5.91 Å². The standard InChI is InChI=1S/C19H20F2N2O4/c1-3-26-16-8-5-12(9-17(16)27-4-2)19(25)22-11-18(24)23-15-7-6-13(20)10-14(15)21/h5-10H,3-4,11H2,1-2H3,(H,22,25)(H,23,24). The topological polar surface area (TPSA) is 76.7 Å². The van der Waals surface area contributed by atoms with Gasteiger partial charge in [0.05, 0.1) is 25.4 Å². The summed E-state index contributed by atoms with van der Waals surface area (Å²) in [6, 6.07) is 7.44. The van der Waals surface area contributed by atoms with Crippen molar-refractivity contribution in [2.75, 3.05) is 25.1 Å². The van der Waals surface area contributed by atoms with Crippen LogP contribution in [0.25, 0.3) is 0 Å². The Morgan fingerprint density at radius 2 is 1.67 bits per heavy atom. The molecular formula is C19H20F2N2O4. The first kappa shape index (κ1) is 20.2. The lowest BCUT2D eigenvalue weighted by Gasteiger charge is -2.12. The fraction of sp³-hybridized carbons (Fsp3) is 0.263. The van der Waals surface area contributed by atoms with E-state index in [1.807, 2.05) is 6.92 Å². The fourth-order valence-electron chi connectivity index (χ4n) is 2.24. The summed E-state index contributed by atoms with van der Waals surface area (Å²) < 4.78 is 37.3. The lowest BCUT2D eigenvalue weighted by atomic mass is 10.2. The minimum atomic E-state index is -0.900. The van der Waals surface area contributed by atoms with Crippen molar-refractivity contribution in [3.05, 3.63) is 53.6 Å². The van der Waals surface area contributed by atoms with Crippen molar-refractivity contribution in [2.45, 2.75) is 13.8 Å². The number of hydrogen-bond acceptors (Lipinski definition) is 4. The van der Waals surface area contributed by atoms with E-state index in [2.05, 4.69) is 10.6 Å². The summed E-state index contributed by atoms with van der Waals surface area (Å²) in [4.78, 5) is 24.1. The average molecular weight is 378 g/mol. The number of hydrogen-bond donors (Lipinski definition) is 2. The molecule has 27 heavy (non-hydrogen) atoms. The van der Waals surface area contributed by atoms with Gasteiger partial charge in [-0.15, -0.1) is 0 Å². The van der Waals surface area contributed by atoms with Crippen molar-refractivity contribution < 1.29 is 27.8 Å². The molecule has 0 aromatic heterocycles. The second-order valence-electron chi connectivity index (χ2n) is 5.38. The van der Waals surface area contributed by atoms with Gasteiger partial charge in [0.2, 0.25) is 5.91 Å². The highest BCUT2D eigenvalue weighted by molar-refractivity contribution is 5.99. The number of ether oxygens (including phenoxy) is 2. The zero-order valence-electron chi connectivity index (χ0n) is 15.0. The first-order valence-electron chi connectivity index (χ1n) is 8.37. The van der Waals surface area contributed by atoms with Crippen LogP contribution in [0.1, 0.15) is 24.2 Å². The number of amides is 2. The zero-order chi connectivity index (χ0) is 19.8. The first-order valence-corrected chi connectivity index (χ1v) is 8.37. The Morgan fingerprint density at radius 1 is 0.963 bits per heavy atom. The molecule has 0 unspecified atom stereocenters. The van der Waals surface area contributed by atoms with Gasteiger partial charge in [-0.2, -0.15) is 0 Å². The molecule has 0 aliphatic carbocycles. The van der Waals surface area contributed by atoms with Crippen molar-refractivity contribution in [2.24, 2.45) is 0 Å². The summed E-state index contributed by atoms with van der Waals surface area (Å²) in [6.45, 7) is 4.11. The van der Waals surface area contributed by atoms with Crippen molar-refractivity contribution in [1.82, 2.24) is 5.32 Å². The molecule has 2 aromatic carbocycles. The predicted molar refractivity (Wildman–Crippen MR) is 96.1 cm³/mol. The SMILES string of the molecule is CCOc1ccc(C(=O)NCC(=O)Nc2ccc(F)cc2F)cc1OCC. The van der Waals surface area contributed by atoms with Gasteiger partial charge in [0.15, 0.2) is 11.5 Å². The maximum atomic E-state index is 13.5. The van der Waals surface area contributed by atoms with E-state index < -0.39 is 23.4 Å². The lowest BCUT2D eigenvalue weighted by Crippen LogP contribution is -2.33. The molecule has 8 heteroatoms. The molecule has 0 aliphatic rings. The second kappa shape index (κ2) is 9.51. The van der Waals surface area contributed by atoms with Crippen LogP contribution in [0.2, 0.25) is 0 Å². The van der Waals surface area contributed by atoms with E-state index >= 15 is 0 Å². The third kappa shape index (κ3) is 5.67. The molecule has 0 aliphatic heterocycles. The molecule has 144 valence electrons. The van der Waals surface area contributed by atoms with Crippen LogP contribution in [0.15, 0.2) is 36.4 Å². The summed E-state index contributed by atoms with van der Waals surface area (Å²) in [7, 11) is 0. The molecule has 0 bridgehead atoms. The molecule has 0 heterocycles. The van der Waals surface area contributed by atoms with Crippen molar-refractivity contribution >= 4 is 17.5 Å². The van der Waals surface area contributed by atoms with Gasteiger partial charge >= 0.3 is 0 Å². The number of halogens is 2. The number of benzene rings is 2. The first-order chi connectivity index (χ1) is 12.9. The highest BCUT2D eigenvalue weighted by Gasteiger charge is 2.13. The number of nitrogens with one attached hydrogen (secondary N) is 2. The van der Waals surface area contributed by atoms with E-state index in [1.165, 1.54) is 6.07 Å². The quantitative estimate of drug-likeness (QED) is 0.740. The van der Waals surface area contributed by atoms with Gasteiger partial charge < -0.3 is 20.1 Å². The van der Waals surface area contributed by atoms with Crippen LogP contribution in [0, 0.1) is 11.6 Å². The molecule has 0 radical (unpaired) electrons. The summed E-state index contributed by atoms with van der Waals surface area (Å²) in [6.07, 6.45) is 0. The van der Waals surface area contributed by atoms with Crippen LogP contribution < -0.4 is 20.1 Å². The smallest absolute Gasteiger partial charge is 0.251 e. The van der Waals surface area contributed by atoms with Crippen molar-refractivity contribution in [3.63, 3.8) is 0 Å². The Balaban J connectivity index is 1.98. The van der Waals surface area contributed by atoms with Gasteiger partial charge in [-0.25, -0.2) is 8.78 Å². The molecule has 2 rings (SSSR count). The van der Waals surface area contributed by atoms with Gasteiger partial charge in [0.1, 0.15) is 11.6 Å². The third-order valence-corrected chi connectivity index (χ3v) is 3.42. The number of anilines is 1. The monoisotopic (exact) mass is 378 g/mol. The Labute approximate surface area is 155 Å². The van der Waals surface area contributed by atoms with E-state index in [0.29, 0.717) is 30.8 Å². The number of carbonyl (C=O) groups is 2. The van der Waals surface area contributed by atoms with Crippen LogP contribution in [0.3, 0.4) is 0 Å². The van der Waals surface area contributed by atoms with E-state index in [1.54, 1.807) is 19.1 Å². The largest absolute Gasteiger partial charge is 0.490 e. The van der Waals surface area contributed by atoms with Gasteiger partial charge in [-0.05, 0) is 44.2 Å². The molecular weight excluding hydrogens is 358 g/mol. The fourth-order valence-corrected chi connectivity index (χ4v) is 2.24. The Hall–Kier alpha value is -3.16. The normalized spacial score (nSPS) is 10.2. The maximum Gasteiger partial charge on any atom is 0.251 e. The summed E-state index contributed by atoms with van der Waals surface area (Å²) in [5.41, 5.74) is 0.109. The minimum Gasteiger partial charge on any atom is -0.490 e. The molecule has 2 aromatic rings. The van der Waals surface area contributed by atoms with Crippen molar-refractivity contribution in [1.29, 1.82) is 0 Å². The number of carbonyl (C=O) groups excluding carboxylic acids is 2. The van der Waals surface area contributed by atoms with Crippen LogP contribution in [0.4, 0.5) is 14.5 Å². The van der Waals surface area contributed by atoms with Crippen LogP contribution in [-0.4, -0.2) is 31.6 Å². The molecule has 2 amide bonds. The van der Waals surface area contributed by atoms with E-state index in [4.69, 9.17) is 9.47 Å². The second-order valence-corrected chi connectivity index (χ2v) is 5.38. The van der Waals surface area contributed by atoms with Crippen molar-refractivity contribution in [3.8, 4) is 11.5 Å². The summed E-state index contributed by atoms with van der Waals surface area (Å²) in [5.74, 6) is -1.87. The van der Waals surface area contributed by atoms with Crippen LogP contribution in [-0.2, 0) is 4.79 Å². The maximum absolute atomic E-state index is 13.5. The van der Waals surface area contributed by atoms with E-state index in [-0.39, 0.29) is 17.8 Å². The minimum absolute atomic E-state index is 0.171. The van der Waals surface area contributed by atoms with Gasteiger partial charge in [-0.1, -0.05) is 0 Å². The van der Waals surface area contributed by atoms with E-state index in [9.17, 15) is 18.4 Å². The van der Waals surface area contributed by atoms with E-state index in [0.717, 1.165) is 12.1 Å². The summed E-state index contributed by atoms with van der Waals surface area (Å²) >= 11 is 0. The number of rotatable bonds is 8. The molecule has 0 fully saturated rings. The lowest BCUT2D eigenvalue weighted by molar-refractivity contribution is -0.115. The average Bonchev–Trinajstić information content (AvgIpc) is 2.64. The zero-order valence-corrected chi connectivity index (χ0v) is 15.0. The van der Waals surface area contributed by atoms with Crippen LogP contribution >= 0.6 is 0 Å². The highest BCUT2D eigenvalue weighted by Crippen LogP contribution is 2.28. The molecule has 2 N–H and O–H groups in total. The predicted octanol–water partition coefficient (Wildman–Crippen LogP) is 3.13. The highest BCUT2D eigenvalue weighted by atomic mass is 19.1. The van der Waals surface area contributed by atoms with Gasteiger partial charge in [-0.3, -0.25) is 9.59 Å². The molecule has 6 nitrogen and oxygen atoms in total. The molecule has 0 saturated carbocycles. The molecule has 0 saturated heterocycles. The Kier molecular flexibility index (Phi) is 7.10. The Bertz CT molecular complexity index is 827. The molecule has 0 atom stereocenters. The summed E-state index contributed by atoms with van der Waals surface area (Å²) in [5, 5.41) is 4.69. The van der Waals surface area contributed by atoms with Gasteiger partial charge in [0, 0.05) is 11.6 Å². The Morgan fingerprint density at radius 3 is 2.33 bits per heavy atom.